The van der Waals surface area contributed by atoms with Crippen LogP contribution in [0.5, 0.6) is 0 Å². The van der Waals surface area contributed by atoms with Crippen LogP contribution >= 0.6 is 0 Å². The van der Waals surface area contributed by atoms with Crippen molar-refractivity contribution in [3.8, 4) is 16.9 Å². The van der Waals surface area contributed by atoms with Gasteiger partial charge < -0.3 is 0 Å². The first kappa shape index (κ1) is 23.4. The lowest BCUT2D eigenvalue weighted by Gasteiger charge is -2.12. The van der Waals surface area contributed by atoms with Gasteiger partial charge in [-0.1, -0.05) is 12.1 Å². The van der Waals surface area contributed by atoms with Gasteiger partial charge in [-0.3, -0.25) is 4.79 Å². The van der Waals surface area contributed by atoms with Gasteiger partial charge >= 0.3 is 6.18 Å². The van der Waals surface area contributed by atoms with E-state index in [1.807, 2.05) is 0 Å². The lowest BCUT2D eigenvalue weighted by atomic mass is 10.1. The molecule has 0 saturated carbocycles. The molecule has 0 aliphatic heterocycles. The average molecular weight is 496 g/mol. The molecule has 2 aromatic heterocycles. The molecule has 0 amide bonds. The van der Waals surface area contributed by atoms with E-state index in [0.717, 1.165) is 36.5 Å². The van der Waals surface area contributed by atoms with Crippen molar-refractivity contribution in [1.29, 1.82) is 0 Å². The van der Waals surface area contributed by atoms with Crippen molar-refractivity contribution >= 4 is 20.7 Å². The standard InChI is InChI=1S/C21H13F5N4O3S/c1-2-34(32,33)18-7-12(11-5-14(22)9-15(23)6-11)10-27-19(18)30-20(31)16-8-13(21(24,25)26)3-4-17(16)28-29-30/h3-10H,2H2,1H3. The first-order valence-corrected chi connectivity index (χ1v) is 11.2. The number of halogens is 5. The van der Waals surface area contributed by atoms with Crippen LogP contribution < -0.4 is 5.56 Å². The predicted octanol–water partition coefficient (Wildman–Crippen LogP) is 3.93. The van der Waals surface area contributed by atoms with E-state index in [2.05, 4.69) is 15.3 Å². The summed E-state index contributed by atoms with van der Waals surface area (Å²) in [6.07, 6.45) is -3.67. The molecule has 0 saturated heterocycles. The summed E-state index contributed by atoms with van der Waals surface area (Å²) in [7, 11) is -4.09. The Bertz CT molecular complexity index is 1580. The third kappa shape index (κ3) is 4.25. The Balaban J connectivity index is 1.98. The number of hydrogen-bond acceptors (Lipinski definition) is 6. The molecule has 176 valence electrons. The van der Waals surface area contributed by atoms with Crippen LogP contribution in [0.15, 0.2) is 58.4 Å². The Labute approximate surface area is 188 Å². The quantitative estimate of drug-likeness (QED) is 0.398. The van der Waals surface area contributed by atoms with Crippen LogP contribution in [0.25, 0.3) is 27.8 Å². The van der Waals surface area contributed by atoms with Crippen molar-refractivity contribution in [3.05, 3.63) is 76.2 Å². The van der Waals surface area contributed by atoms with E-state index in [9.17, 15) is 35.2 Å². The third-order valence-electron chi connectivity index (χ3n) is 4.93. The molecule has 2 aromatic carbocycles. The van der Waals surface area contributed by atoms with Crippen molar-refractivity contribution in [1.82, 2.24) is 20.0 Å². The van der Waals surface area contributed by atoms with E-state index >= 15 is 0 Å². The maximum atomic E-state index is 13.7. The largest absolute Gasteiger partial charge is 0.416 e. The number of sulfone groups is 1. The smallest absolute Gasteiger partial charge is 0.267 e. The molecule has 7 nitrogen and oxygen atoms in total. The van der Waals surface area contributed by atoms with Crippen LogP contribution in [0, 0.1) is 11.6 Å². The van der Waals surface area contributed by atoms with Gasteiger partial charge in [0.15, 0.2) is 15.7 Å². The number of benzene rings is 2. The first-order valence-electron chi connectivity index (χ1n) is 9.57. The molecule has 4 aromatic rings. The van der Waals surface area contributed by atoms with Gasteiger partial charge in [0.1, 0.15) is 22.0 Å². The van der Waals surface area contributed by atoms with Crippen LogP contribution in [-0.2, 0) is 16.0 Å². The minimum atomic E-state index is -4.73. The molecule has 4 rings (SSSR count). The maximum absolute atomic E-state index is 13.7. The zero-order chi connectivity index (χ0) is 24.8. The number of fused-ring (bicyclic) bond motifs is 1. The highest BCUT2D eigenvalue weighted by Gasteiger charge is 2.31. The van der Waals surface area contributed by atoms with E-state index in [1.54, 1.807) is 0 Å². The second kappa shape index (κ2) is 8.24. The highest BCUT2D eigenvalue weighted by atomic mass is 32.2. The number of alkyl halides is 3. The monoisotopic (exact) mass is 496 g/mol. The van der Waals surface area contributed by atoms with Crippen LogP contribution in [0.3, 0.4) is 0 Å². The number of rotatable bonds is 4. The minimum absolute atomic E-state index is 0.0177. The Morgan fingerprint density at radius 2 is 1.65 bits per heavy atom. The molecule has 0 N–H and O–H groups in total. The van der Waals surface area contributed by atoms with E-state index in [0.29, 0.717) is 16.8 Å². The molecule has 13 heteroatoms. The Morgan fingerprint density at radius 3 is 2.26 bits per heavy atom. The Hall–Kier alpha value is -3.74. The SMILES string of the molecule is CCS(=O)(=O)c1cc(-c2cc(F)cc(F)c2)cnc1-n1nnc2ccc(C(F)(F)F)cc2c1=O. The topological polar surface area (TPSA) is 94.8 Å². The lowest BCUT2D eigenvalue weighted by Crippen LogP contribution is -2.26. The summed E-state index contributed by atoms with van der Waals surface area (Å²) in [5, 5.41) is 6.88. The van der Waals surface area contributed by atoms with Crippen molar-refractivity contribution in [2.75, 3.05) is 5.75 Å². The lowest BCUT2D eigenvalue weighted by molar-refractivity contribution is -0.137. The first-order chi connectivity index (χ1) is 15.9. The van der Waals surface area contributed by atoms with Crippen molar-refractivity contribution in [2.45, 2.75) is 18.0 Å². The summed E-state index contributed by atoms with van der Waals surface area (Å²) in [5.41, 5.74) is -2.32. The molecule has 0 radical (unpaired) electrons. The van der Waals surface area contributed by atoms with E-state index in [-0.39, 0.29) is 16.6 Å². The highest BCUT2D eigenvalue weighted by Crippen LogP contribution is 2.31. The van der Waals surface area contributed by atoms with Crippen molar-refractivity contribution in [2.24, 2.45) is 0 Å². The molecular weight excluding hydrogens is 483 g/mol. The molecule has 2 heterocycles. The number of nitrogens with zero attached hydrogens (tertiary/aromatic N) is 4. The van der Waals surface area contributed by atoms with Crippen LogP contribution in [0.2, 0.25) is 0 Å². The fraction of sp³-hybridized carbons (Fsp3) is 0.143. The third-order valence-corrected chi connectivity index (χ3v) is 6.66. The highest BCUT2D eigenvalue weighted by molar-refractivity contribution is 7.91. The van der Waals surface area contributed by atoms with Gasteiger partial charge in [-0.25, -0.2) is 22.2 Å². The van der Waals surface area contributed by atoms with Gasteiger partial charge in [-0.2, -0.15) is 17.9 Å². The molecule has 0 atom stereocenters. The van der Waals surface area contributed by atoms with Crippen molar-refractivity contribution < 1.29 is 30.4 Å². The number of pyridine rings is 1. The number of hydrogen-bond donors (Lipinski definition) is 0. The van der Waals surface area contributed by atoms with Gasteiger partial charge in [0, 0.05) is 17.8 Å². The second-order valence-electron chi connectivity index (χ2n) is 7.14. The van der Waals surface area contributed by atoms with Crippen LogP contribution in [0.4, 0.5) is 22.0 Å². The van der Waals surface area contributed by atoms with E-state index in [1.165, 1.54) is 6.92 Å². The summed E-state index contributed by atoms with van der Waals surface area (Å²) < 4.78 is 92.7. The van der Waals surface area contributed by atoms with Gasteiger partial charge in [0.25, 0.3) is 5.56 Å². The molecule has 0 aliphatic carbocycles. The molecule has 0 unspecified atom stereocenters. The molecular formula is C21H13F5N4O3S. The van der Waals surface area contributed by atoms with Crippen LogP contribution in [0.1, 0.15) is 12.5 Å². The zero-order valence-corrected chi connectivity index (χ0v) is 18.0. The summed E-state index contributed by atoms with van der Waals surface area (Å²) in [4.78, 5) is 16.4. The van der Waals surface area contributed by atoms with Crippen LogP contribution in [-0.4, -0.2) is 34.1 Å². The average Bonchev–Trinajstić information content (AvgIpc) is 2.77. The maximum Gasteiger partial charge on any atom is 0.416 e. The van der Waals surface area contributed by atoms with Gasteiger partial charge in [0.05, 0.1) is 16.7 Å². The predicted molar refractivity (Wildman–Crippen MR) is 111 cm³/mol. The second-order valence-corrected chi connectivity index (χ2v) is 9.39. The minimum Gasteiger partial charge on any atom is -0.267 e. The molecule has 0 bridgehead atoms. The fourth-order valence-electron chi connectivity index (χ4n) is 3.22. The van der Waals surface area contributed by atoms with Gasteiger partial charge in [-0.15, -0.1) is 5.10 Å². The van der Waals surface area contributed by atoms with E-state index in [4.69, 9.17) is 0 Å². The normalized spacial score (nSPS) is 12.3. The van der Waals surface area contributed by atoms with E-state index < -0.39 is 60.6 Å². The summed E-state index contributed by atoms with van der Waals surface area (Å²) in [6, 6.07) is 5.90. The summed E-state index contributed by atoms with van der Waals surface area (Å²) in [6.45, 7) is 1.32. The van der Waals surface area contributed by atoms with Gasteiger partial charge in [0.2, 0.25) is 0 Å². The molecule has 0 fully saturated rings. The summed E-state index contributed by atoms with van der Waals surface area (Å²) >= 11 is 0. The Kier molecular flexibility index (Phi) is 5.67. The molecule has 0 aliphatic rings. The zero-order valence-electron chi connectivity index (χ0n) is 17.1. The Morgan fingerprint density at radius 1 is 0.971 bits per heavy atom. The van der Waals surface area contributed by atoms with Gasteiger partial charge in [-0.05, 0) is 42.0 Å². The fourth-order valence-corrected chi connectivity index (χ4v) is 4.25. The number of aromatic nitrogens is 4. The molecule has 0 spiro atoms. The summed E-state index contributed by atoms with van der Waals surface area (Å²) in [5.74, 6) is -2.76. The molecule has 34 heavy (non-hydrogen) atoms. The van der Waals surface area contributed by atoms with Crippen molar-refractivity contribution in [3.63, 3.8) is 0 Å².